The third kappa shape index (κ3) is 3.35. The average Bonchev–Trinajstić information content (AvgIpc) is 2.55. The van der Waals surface area contributed by atoms with Gasteiger partial charge < -0.3 is 0 Å². The fraction of sp³-hybridized carbons (Fsp3) is 0.474. The number of hydrogen-bond donors (Lipinski definition) is 0. The molecule has 1 aromatic heterocycles. The number of pyridine rings is 1. The number of alkyl halides is 3. The molecular formula is C19H20F3NO3S. The number of aryl methyl sites for hydroxylation is 1. The van der Waals surface area contributed by atoms with Crippen LogP contribution in [0, 0.1) is 17.8 Å². The molecule has 0 bridgehead atoms. The molecule has 4 nitrogen and oxygen atoms in total. The molecule has 0 amide bonds. The van der Waals surface area contributed by atoms with E-state index < -0.39 is 34.3 Å². The van der Waals surface area contributed by atoms with Gasteiger partial charge in [-0.15, -0.1) is 11.8 Å². The van der Waals surface area contributed by atoms with E-state index in [4.69, 9.17) is 0 Å². The molecule has 0 saturated carbocycles. The van der Waals surface area contributed by atoms with Gasteiger partial charge in [0.15, 0.2) is 17.3 Å². The Morgan fingerprint density at radius 2 is 1.63 bits per heavy atom. The van der Waals surface area contributed by atoms with Crippen LogP contribution in [0.3, 0.4) is 0 Å². The number of Topliss-reactive ketones (excluding diaryl/α,β-unsaturated/α-hetero) is 3. The summed E-state index contributed by atoms with van der Waals surface area (Å²) in [5.41, 5.74) is -3.93. The van der Waals surface area contributed by atoms with Crippen LogP contribution in [0.4, 0.5) is 13.2 Å². The number of carbonyl (C=O) groups is 3. The number of hydrogen-bond acceptors (Lipinski definition) is 5. The largest absolute Gasteiger partial charge is 0.433 e. The van der Waals surface area contributed by atoms with Crippen molar-refractivity contribution in [2.75, 3.05) is 6.26 Å². The number of nitrogens with zero attached hydrogens (tertiary/aromatic N) is 1. The van der Waals surface area contributed by atoms with E-state index in [1.807, 2.05) is 0 Å². The Bertz CT molecular complexity index is 883. The minimum Gasteiger partial charge on any atom is -0.298 e. The fourth-order valence-corrected chi connectivity index (χ4v) is 4.37. The lowest BCUT2D eigenvalue weighted by Crippen LogP contribution is -2.49. The van der Waals surface area contributed by atoms with Crippen molar-refractivity contribution in [2.45, 2.75) is 40.8 Å². The number of aromatic nitrogens is 1. The van der Waals surface area contributed by atoms with Crippen molar-refractivity contribution >= 4 is 29.1 Å². The summed E-state index contributed by atoms with van der Waals surface area (Å²) in [6, 6.07) is 1.75. The van der Waals surface area contributed by atoms with Gasteiger partial charge in [0.25, 0.3) is 0 Å². The van der Waals surface area contributed by atoms with Gasteiger partial charge in [-0.3, -0.25) is 14.4 Å². The van der Waals surface area contributed by atoms with Gasteiger partial charge in [-0.25, -0.2) is 4.98 Å². The topological polar surface area (TPSA) is 64.1 Å². The van der Waals surface area contributed by atoms with E-state index >= 15 is 0 Å². The first-order chi connectivity index (χ1) is 12.2. The first kappa shape index (κ1) is 21.3. The molecule has 1 aliphatic carbocycles. The molecule has 0 aromatic carbocycles. The van der Waals surface area contributed by atoms with Gasteiger partial charge in [0.2, 0.25) is 0 Å². The molecule has 0 saturated heterocycles. The van der Waals surface area contributed by atoms with E-state index in [0.29, 0.717) is 11.0 Å². The summed E-state index contributed by atoms with van der Waals surface area (Å²) in [5.74, 6) is -1.64. The van der Waals surface area contributed by atoms with Crippen LogP contribution in [0.5, 0.6) is 0 Å². The minimum atomic E-state index is -4.63. The third-order valence-electron chi connectivity index (χ3n) is 4.78. The first-order valence-corrected chi connectivity index (χ1v) is 9.37. The maximum Gasteiger partial charge on any atom is 0.433 e. The van der Waals surface area contributed by atoms with Crippen molar-refractivity contribution in [1.82, 2.24) is 4.98 Å². The normalized spacial score (nSPS) is 19.4. The van der Waals surface area contributed by atoms with Gasteiger partial charge in [-0.1, -0.05) is 0 Å². The lowest BCUT2D eigenvalue weighted by Gasteiger charge is -2.39. The van der Waals surface area contributed by atoms with Gasteiger partial charge in [-0.2, -0.15) is 13.2 Å². The summed E-state index contributed by atoms with van der Waals surface area (Å²) in [7, 11) is 0. The Labute approximate surface area is 159 Å². The Kier molecular flexibility index (Phi) is 5.20. The summed E-state index contributed by atoms with van der Waals surface area (Å²) in [6.45, 7) is 7.49. The summed E-state index contributed by atoms with van der Waals surface area (Å²) >= 11 is 1.12. The van der Waals surface area contributed by atoms with Crippen molar-refractivity contribution in [3.8, 4) is 0 Å². The molecule has 2 rings (SSSR count). The van der Waals surface area contributed by atoms with E-state index in [9.17, 15) is 27.6 Å². The van der Waals surface area contributed by atoms with Crippen LogP contribution in [0.25, 0.3) is 0 Å². The lowest BCUT2D eigenvalue weighted by molar-refractivity contribution is -0.143. The molecule has 27 heavy (non-hydrogen) atoms. The van der Waals surface area contributed by atoms with Crippen LogP contribution in [-0.4, -0.2) is 28.6 Å². The zero-order chi connectivity index (χ0) is 20.9. The molecule has 146 valence electrons. The van der Waals surface area contributed by atoms with Crippen LogP contribution >= 0.6 is 11.8 Å². The summed E-state index contributed by atoms with van der Waals surface area (Å²) < 4.78 is 38.5. The predicted molar refractivity (Wildman–Crippen MR) is 96.4 cm³/mol. The Morgan fingerprint density at radius 3 is 2.07 bits per heavy atom. The first-order valence-electron chi connectivity index (χ1n) is 8.15. The van der Waals surface area contributed by atoms with Crippen LogP contribution in [0.2, 0.25) is 0 Å². The zero-order valence-corrected chi connectivity index (χ0v) is 16.7. The quantitative estimate of drug-likeness (QED) is 0.428. The third-order valence-corrected chi connectivity index (χ3v) is 5.90. The molecule has 0 N–H and O–H groups in total. The van der Waals surface area contributed by atoms with Crippen LogP contribution in [-0.2, 0) is 15.8 Å². The van der Waals surface area contributed by atoms with Crippen LogP contribution in [0.15, 0.2) is 22.6 Å². The second kappa shape index (κ2) is 6.58. The highest BCUT2D eigenvalue weighted by molar-refractivity contribution is 8.02. The molecule has 0 spiro atoms. The van der Waals surface area contributed by atoms with E-state index in [1.54, 1.807) is 20.1 Å². The van der Waals surface area contributed by atoms with E-state index in [0.717, 1.165) is 17.8 Å². The highest BCUT2D eigenvalue weighted by Gasteiger charge is 2.54. The van der Waals surface area contributed by atoms with Crippen molar-refractivity contribution in [3.63, 3.8) is 0 Å². The summed E-state index contributed by atoms with van der Waals surface area (Å²) in [4.78, 5) is 42.6. The Balaban J connectivity index is 2.69. The molecule has 8 heteroatoms. The van der Waals surface area contributed by atoms with E-state index in [1.165, 1.54) is 20.8 Å². The average molecular weight is 399 g/mol. The van der Waals surface area contributed by atoms with Gasteiger partial charge >= 0.3 is 6.18 Å². The smallest absolute Gasteiger partial charge is 0.298 e. The number of rotatable bonds is 3. The number of halogens is 3. The molecule has 0 radical (unpaired) electrons. The highest BCUT2D eigenvalue weighted by Crippen LogP contribution is 2.48. The SMILES string of the molecule is CSC1=C(C(=O)c2ccc(C(F)(F)F)nc2C)C(=O)C(C)(C)C(=O)C1(C)C. The highest BCUT2D eigenvalue weighted by atomic mass is 32.2. The van der Waals surface area contributed by atoms with Crippen molar-refractivity contribution in [1.29, 1.82) is 0 Å². The minimum absolute atomic E-state index is 0.0844. The maximum atomic E-state index is 13.1. The Hall–Kier alpha value is -1.96. The molecule has 1 aliphatic rings. The Morgan fingerprint density at radius 1 is 1.07 bits per heavy atom. The number of carbonyl (C=O) groups excluding carboxylic acids is 3. The number of ketones is 3. The molecule has 1 heterocycles. The van der Waals surface area contributed by atoms with Crippen molar-refractivity contribution < 1.29 is 27.6 Å². The number of allylic oxidation sites excluding steroid dienone is 2. The van der Waals surface area contributed by atoms with Crippen LogP contribution < -0.4 is 0 Å². The van der Waals surface area contributed by atoms with Crippen LogP contribution in [0.1, 0.15) is 49.4 Å². The molecule has 0 fully saturated rings. The van der Waals surface area contributed by atoms with Gasteiger partial charge in [0.1, 0.15) is 5.69 Å². The monoisotopic (exact) mass is 399 g/mol. The standard InChI is InChI=1S/C19H20F3NO3S/c1-9-10(7-8-11(23-9)19(20,21)22)13(24)12-14(25)17(2,3)16(26)18(4,5)15(12)27-6/h7-8H,1-6H3. The molecule has 0 atom stereocenters. The fourth-order valence-electron chi connectivity index (χ4n) is 3.37. The molecule has 0 aliphatic heterocycles. The van der Waals surface area contributed by atoms with E-state index in [2.05, 4.69) is 4.98 Å². The molecular weight excluding hydrogens is 379 g/mol. The zero-order valence-electron chi connectivity index (χ0n) is 15.9. The maximum absolute atomic E-state index is 13.1. The molecule has 1 aromatic rings. The van der Waals surface area contributed by atoms with Crippen molar-refractivity contribution in [2.24, 2.45) is 10.8 Å². The number of thioether (sulfide) groups is 1. The summed E-state index contributed by atoms with van der Waals surface area (Å²) in [5, 5.41) is 0. The second-order valence-electron chi connectivity index (χ2n) is 7.47. The summed E-state index contributed by atoms with van der Waals surface area (Å²) in [6.07, 6.45) is -2.98. The lowest BCUT2D eigenvalue weighted by atomic mass is 9.63. The van der Waals surface area contributed by atoms with Gasteiger partial charge in [0.05, 0.1) is 16.4 Å². The van der Waals surface area contributed by atoms with Gasteiger partial charge in [-0.05, 0) is 53.0 Å². The van der Waals surface area contributed by atoms with Crippen molar-refractivity contribution in [3.05, 3.63) is 39.6 Å². The van der Waals surface area contributed by atoms with E-state index in [-0.39, 0.29) is 22.6 Å². The van der Waals surface area contributed by atoms with Gasteiger partial charge in [0, 0.05) is 16.2 Å². The second-order valence-corrected chi connectivity index (χ2v) is 8.29. The predicted octanol–water partition coefficient (Wildman–Crippen LogP) is 4.41. The molecule has 0 unspecified atom stereocenters.